The van der Waals surface area contributed by atoms with Crippen LogP contribution in [-0.4, -0.2) is 38.8 Å². The molecule has 244 valence electrons. The smallest absolute Gasteiger partial charge is 0.497 e. The minimum absolute atomic E-state index is 0.224. The van der Waals surface area contributed by atoms with E-state index in [1.807, 2.05) is 73.2 Å². The van der Waals surface area contributed by atoms with Gasteiger partial charge in [-0.25, -0.2) is 14.5 Å². The summed E-state index contributed by atoms with van der Waals surface area (Å²) in [6.45, 7) is 9.93. The number of nitrogens with zero attached hydrogens (tertiary/aromatic N) is 5. The molecule has 0 radical (unpaired) electrons. The maximum Gasteiger partial charge on any atom is 0.573 e. The summed E-state index contributed by atoms with van der Waals surface area (Å²) in [6, 6.07) is 18.3. The Bertz CT molecular complexity index is 1990. The summed E-state index contributed by atoms with van der Waals surface area (Å²) >= 11 is 1.39. The Hall–Kier alpha value is -5.17. The van der Waals surface area contributed by atoms with Gasteiger partial charge in [0.1, 0.15) is 17.8 Å². The minimum Gasteiger partial charge on any atom is -0.497 e. The van der Waals surface area contributed by atoms with Gasteiger partial charge in [0.05, 0.1) is 18.5 Å². The van der Waals surface area contributed by atoms with Crippen LogP contribution in [0.3, 0.4) is 0 Å². The molecule has 2 amide bonds. The molecule has 0 aliphatic carbocycles. The maximum absolute atomic E-state index is 13.1. The largest absolute Gasteiger partial charge is 0.573 e. The first-order chi connectivity index (χ1) is 22.3. The second-order valence-corrected chi connectivity index (χ2v) is 11.8. The number of allylic oxidation sites excluding steroid dienone is 2. The van der Waals surface area contributed by atoms with Crippen LogP contribution in [0.15, 0.2) is 89.1 Å². The van der Waals surface area contributed by atoms with Crippen molar-refractivity contribution in [3.05, 3.63) is 106 Å². The third kappa shape index (κ3) is 7.80. The Kier molecular flexibility index (Phi) is 9.66. The molecule has 0 fully saturated rings. The highest BCUT2D eigenvalue weighted by molar-refractivity contribution is 7.07. The highest BCUT2D eigenvalue weighted by Crippen LogP contribution is 2.28. The number of aromatic nitrogens is 4. The zero-order valence-electron chi connectivity index (χ0n) is 26.6. The molecule has 1 N–H and O–H groups in total. The highest BCUT2D eigenvalue weighted by Gasteiger charge is 2.31. The molecule has 9 nitrogen and oxygen atoms in total. The first-order valence-corrected chi connectivity index (χ1v) is 15.5. The molecule has 0 aliphatic heterocycles. The Morgan fingerprint density at radius 1 is 1.00 bits per heavy atom. The van der Waals surface area contributed by atoms with Gasteiger partial charge in [0.25, 0.3) is 0 Å². The van der Waals surface area contributed by atoms with Crippen molar-refractivity contribution in [2.45, 2.75) is 46.9 Å². The number of hydrogen-bond acceptors (Lipinski definition) is 6. The van der Waals surface area contributed by atoms with Gasteiger partial charge in [0.2, 0.25) is 0 Å². The van der Waals surface area contributed by atoms with Crippen LogP contribution in [0.25, 0.3) is 28.3 Å². The van der Waals surface area contributed by atoms with Gasteiger partial charge < -0.3 is 14.8 Å². The van der Waals surface area contributed by atoms with Crippen molar-refractivity contribution in [1.82, 2.24) is 24.6 Å². The van der Waals surface area contributed by atoms with Crippen LogP contribution in [0.4, 0.5) is 18.0 Å². The summed E-state index contributed by atoms with van der Waals surface area (Å²) in [5, 5.41) is 9.32. The number of methoxy groups -OCH3 is 1. The molecule has 0 atom stereocenters. The molecule has 47 heavy (non-hydrogen) atoms. The average Bonchev–Trinajstić information content (AvgIpc) is 3.67. The molecule has 0 unspecified atom stereocenters. The molecule has 13 heteroatoms. The second-order valence-electron chi connectivity index (χ2n) is 11.0. The lowest BCUT2D eigenvalue weighted by atomic mass is 10.0. The molecule has 0 saturated heterocycles. The molecule has 3 aromatic carbocycles. The van der Waals surface area contributed by atoms with Crippen LogP contribution in [0.2, 0.25) is 0 Å². The number of nitrogens with one attached hydrogen (secondary N) is 1. The summed E-state index contributed by atoms with van der Waals surface area (Å²) in [7, 11) is 1.64. The fourth-order valence-electron chi connectivity index (χ4n) is 4.86. The van der Waals surface area contributed by atoms with Gasteiger partial charge in [-0.15, -0.1) is 29.6 Å². The van der Waals surface area contributed by atoms with Crippen molar-refractivity contribution < 1.29 is 27.4 Å². The van der Waals surface area contributed by atoms with Crippen LogP contribution in [0.5, 0.6) is 11.5 Å². The quantitative estimate of drug-likeness (QED) is 0.181. The van der Waals surface area contributed by atoms with E-state index in [1.54, 1.807) is 7.11 Å². The van der Waals surface area contributed by atoms with Crippen LogP contribution in [0.1, 0.15) is 50.4 Å². The minimum atomic E-state index is -4.76. The number of rotatable bonds is 8. The molecule has 5 rings (SSSR count). The van der Waals surface area contributed by atoms with Gasteiger partial charge in [-0.05, 0) is 85.9 Å². The van der Waals surface area contributed by atoms with Crippen molar-refractivity contribution in [2.24, 2.45) is 4.99 Å². The SMILES string of the molecule is COc1ccc(-n2c(C)cs/c2=N\C(=O)N/C(C)=C(\C)c2ccc(-c3ncn(-c4ccc(OC(F)(F)F)cc4)n3)cc2)c(C(C)C)c1. The van der Waals surface area contributed by atoms with E-state index in [4.69, 9.17) is 4.74 Å². The molecule has 2 aromatic heterocycles. The first kappa shape index (κ1) is 33.2. The van der Waals surface area contributed by atoms with E-state index in [9.17, 15) is 18.0 Å². The Morgan fingerprint density at radius 2 is 1.68 bits per heavy atom. The Labute approximate surface area is 273 Å². The van der Waals surface area contributed by atoms with Crippen LogP contribution < -0.4 is 19.6 Å². The number of urea groups is 1. The van der Waals surface area contributed by atoms with E-state index >= 15 is 0 Å². The number of thiazole rings is 1. The zero-order valence-corrected chi connectivity index (χ0v) is 27.4. The molecular weight excluding hydrogens is 629 g/mol. The second kappa shape index (κ2) is 13.7. The van der Waals surface area contributed by atoms with Crippen LogP contribution >= 0.6 is 11.3 Å². The number of carbonyl (C=O) groups excluding carboxylic acids is 1. The lowest BCUT2D eigenvalue weighted by molar-refractivity contribution is -0.274. The van der Waals surface area contributed by atoms with E-state index in [2.05, 4.69) is 39.0 Å². The lowest BCUT2D eigenvalue weighted by Crippen LogP contribution is -2.24. The number of alkyl halides is 3. The number of halogens is 3. The van der Waals surface area contributed by atoms with Gasteiger partial charge in [-0.1, -0.05) is 38.1 Å². The molecule has 2 heterocycles. The van der Waals surface area contributed by atoms with E-state index in [0.717, 1.165) is 39.4 Å². The third-order valence-electron chi connectivity index (χ3n) is 7.43. The zero-order chi connectivity index (χ0) is 33.9. The lowest BCUT2D eigenvalue weighted by Gasteiger charge is -2.16. The fourth-order valence-corrected chi connectivity index (χ4v) is 5.73. The van der Waals surface area contributed by atoms with Crippen LogP contribution in [-0.2, 0) is 0 Å². The molecule has 0 spiro atoms. The average molecular weight is 663 g/mol. The summed E-state index contributed by atoms with van der Waals surface area (Å²) in [5.41, 5.74) is 6.65. The number of hydrogen-bond donors (Lipinski definition) is 1. The first-order valence-electron chi connectivity index (χ1n) is 14.6. The monoisotopic (exact) mass is 662 g/mol. The molecule has 0 saturated carbocycles. The van der Waals surface area contributed by atoms with Gasteiger partial charge >= 0.3 is 12.4 Å². The fraction of sp³-hybridized carbons (Fsp3) is 0.235. The normalized spacial score (nSPS) is 12.7. The van der Waals surface area contributed by atoms with Gasteiger partial charge in [-0.3, -0.25) is 4.57 Å². The van der Waals surface area contributed by atoms with Crippen molar-refractivity contribution in [1.29, 1.82) is 0 Å². The van der Waals surface area contributed by atoms with Gasteiger partial charge in [0, 0.05) is 22.3 Å². The Morgan fingerprint density at radius 3 is 2.32 bits per heavy atom. The Balaban J connectivity index is 1.31. The van der Waals surface area contributed by atoms with Gasteiger partial charge in [-0.2, -0.15) is 4.99 Å². The maximum atomic E-state index is 13.1. The summed E-state index contributed by atoms with van der Waals surface area (Å²) < 4.78 is 50.2. The van der Waals surface area contributed by atoms with Crippen molar-refractivity contribution in [3.8, 4) is 34.3 Å². The predicted octanol–water partition coefficient (Wildman–Crippen LogP) is 8.19. The summed E-state index contributed by atoms with van der Waals surface area (Å²) in [6.07, 6.45) is -3.28. The summed E-state index contributed by atoms with van der Waals surface area (Å²) in [4.78, 5) is 22.4. The van der Waals surface area contributed by atoms with Crippen molar-refractivity contribution in [2.75, 3.05) is 7.11 Å². The molecule has 0 bridgehead atoms. The third-order valence-corrected chi connectivity index (χ3v) is 8.38. The summed E-state index contributed by atoms with van der Waals surface area (Å²) in [5.74, 6) is 1.11. The number of aryl methyl sites for hydroxylation is 1. The van der Waals surface area contributed by atoms with E-state index in [-0.39, 0.29) is 11.7 Å². The van der Waals surface area contributed by atoms with E-state index < -0.39 is 12.4 Å². The van der Waals surface area contributed by atoms with Crippen LogP contribution in [0, 0.1) is 6.92 Å². The topological polar surface area (TPSA) is 95.6 Å². The van der Waals surface area contributed by atoms with E-state index in [0.29, 0.717) is 22.0 Å². The molecule has 0 aliphatic rings. The number of benzene rings is 3. The van der Waals surface area contributed by atoms with Crippen molar-refractivity contribution in [3.63, 3.8) is 0 Å². The number of ether oxygens (including phenoxy) is 2. The number of amides is 2. The van der Waals surface area contributed by atoms with E-state index in [1.165, 1.54) is 46.6 Å². The van der Waals surface area contributed by atoms with Crippen molar-refractivity contribution >= 4 is 22.9 Å². The standard InChI is InChI=1S/C34H33F3N6O3S/c1-20(2)29-17-28(45-6)15-16-30(29)43-21(3)18-47-33(43)40-32(44)39-23(5)22(4)24-7-9-25(10-8-24)31-38-19-42(41-31)26-11-13-27(14-12-26)46-34(35,36)37/h7-20H,1-6H3,(H,39,44)/b23-22+,40-33-. The molecular formula is C34H33F3N6O3S. The highest BCUT2D eigenvalue weighted by atomic mass is 32.1. The number of carbonyl (C=O) groups is 1. The molecule has 5 aromatic rings. The van der Waals surface area contributed by atoms with Gasteiger partial charge in [0.15, 0.2) is 10.6 Å². The predicted molar refractivity (Wildman–Crippen MR) is 175 cm³/mol.